The van der Waals surface area contributed by atoms with Gasteiger partial charge in [-0.3, -0.25) is 9.78 Å². The first kappa shape index (κ1) is 19.0. The smallest absolute Gasteiger partial charge is 0.261 e. The molecule has 0 saturated carbocycles. The molecular weight excluding hydrogens is 395 g/mol. The molecule has 8 heteroatoms. The van der Waals surface area contributed by atoms with Gasteiger partial charge in [-0.25, -0.2) is 9.37 Å². The Labute approximate surface area is 176 Å². The molecule has 5 rings (SSSR count). The minimum atomic E-state index is -0.494. The van der Waals surface area contributed by atoms with Gasteiger partial charge in [-0.1, -0.05) is 12.1 Å². The summed E-state index contributed by atoms with van der Waals surface area (Å²) in [5.74, 6) is -0.188. The third kappa shape index (κ3) is 3.53. The van der Waals surface area contributed by atoms with Gasteiger partial charge in [0.2, 0.25) is 0 Å². The van der Waals surface area contributed by atoms with Crippen LogP contribution in [0.4, 0.5) is 10.1 Å². The summed E-state index contributed by atoms with van der Waals surface area (Å²) in [6.45, 7) is 1.39. The van der Waals surface area contributed by atoms with Crippen molar-refractivity contribution < 1.29 is 4.39 Å². The summed E-state index contributed by atoms with van der Waals surface area (Å²) in [4.78, 5) is 27.0. The number of hydrogen-bond donors (Lipinski definition) is 4. The standard InChI is InChI=1S/C23H19FN6O/c24-15-2-1-3-17-19(15)21(25)20(23(31)30-17)22-28-16-5-4-14(10-18(16)29-22)12-27-11-13-6-8-26-9-7-13/h1-10,27H,11-12H2,(H,28,29)(H3,25,30,31). The molecule has 0 aliphatic rings. The average Bonchev–Trinajstić information content (AvgIpc) is 3.17. The van der Waals surface area contributed by atoms with Gasteiger partial charge in [0.25, 0.3) is 5.56 Å². The molecule has 0 aliphatic carbocycles. The summed E-state index contributed by atoms with van der Waals surface area (Å²) >= 11 is 0. The van der Waals surface area contributed by atoms with E-state index in [1.807, 2.05) is 30.3 Å². The van der Waals surface area contributed by atoms with E-state index in [-0.39, 0.29) is 16.6 Å². The second kappa shape index (κ2) is 7.66. The van der Waals surface area contributed by atoms with Gasteiger partial charge in [0.05, 0.1) is 27.6 Å². The minimum Gasteiger partial charge on any atom is -0.397 e. The highest BCUT2D eigenvalue weighted by molar-refractivity contribution is 5.98. The fourth-order valence-electron chi connectivity index (χ4n) is 3.71. The molecule has 0 saturated heterocycles. The van der Waals surface area contributed by atoms with Crippen LogP contribution in [0.5, 0.6) is 0 Å². The van der Waals surface area contributed by atoms with Gasteiger partial charge in [-0.05, 0) is 47.5 Å². The van der Waals surface area contributed by atoms with Crippen molar-refractivity contribution in [2.75, 3.05) is 5.73 Å². The molecule has 154 valence electrons. The molecule has 3 aromatic heterocycles. The van der Waals surface area contributed by atoms with E-state index in [0.717, 1.165) is 23.2 Å². The van der Waals surface area contributed by atoms with E-state index in [1.54, 1.807) is 18.5 Å². The quantitative estimate of drug-likeness (QED) is 0.352. The van der Waals surface area contributed by atoms with Crippen LogP contribution in [-0.2, 0) is 13.1 Å². The number of nitrogens with two attached hydrogens (primary N) is 1. The molecular formula is C23H19FN6O. The summed E-state index contributed by atoms with van der Waals surface area (Å²) in [7, 11) is 0. The van der Waals surface area contributed by atoms with Crippen LogP contribution in [0.1, 0.15) is 11.1 Å². The summed E-state index contributed by atoms with van der Waals surface area (Å²) in [5.41, 5.74) is 9.99. The summed E-state index contributed by atoms with van der Waals surface area (Å²) in [6.07, 6.45) is 3.53. The maximum absolute atomic E-state index is 14.3. The van der Waals surface area contributed by atoms with E-state index in [9.17, 15) is 9.18 Å². The first-order valence-corrected chi connectivity index (χ1v) is 9.79. The Morgan fingerprint density at radius 1 is 0.968 bits per heavy atom. The number of aromatic nitrogens is 4. The van der Waals surface area contributed by atoms with E-state index < -0.39 is 11.4 Å². The van der Waals surface area contributed by atoms with Gasteiger partial charge in [-0.2, -0.15) is 0 Å². The predicted molar refractivity (Wildman–Crippen MR) is 119 cm³/mol. The molecule has 5 aromatic rings. The van der Waals surface area contributed by atoms with Crippen LogP contribution in [0.2, 0.25) is 0 Å². The third-order valence-corrected chi connectivity index (χ3v) is 5.22. The molecule has 0 amide bonds. The number of hydrogen-bond acceptors (Lipinski definition) is 5. The lowest BCUT2D eigenvalue weighted by Crippen LogP contribution is -2.13. The van der Waals surface area contributed by atoms with Gasteiger partial charge in [0.1, 0.15) is 17.2 Å². The molecule has 0 unspecified atom stereocenters. The van der Waals surface area contributed by atoms with Crippen molar-refractivity contribution in [1.82, 2.24) is 25.3 Å². The Morgan fingerprint density at radius 2 is 1.77 bits per heavy atom. The largest absolute Gasteiger partial charge is 0.397 e. The van der Waals surface area contributed by atoms with Crippen molar-refractivity contribution in [2.45, 2.75) is 13.1 Å². The van der Waals surface area contributed by atoms with Crippen LogP contribution in [0.3, 0.4) is 0 Å². The Hall–Kier alpha value is -4.04. The topological polar surface area (TPSA) is 112 Å². The Balaban J connectivity index is 1.47. The molecule has 31 heavy (non-hydrogen) atoms. The third-order valence-electron chi connectivity index (χ3n) is 5.22. The number of nitrogens with one attached hydrogen (secondary N) is 3. The van der Waals surface area contributed by atoms with Crippen molar-refractivity contribution >= 4 is 27.6 Å². The lowest BCUT2D eigenvalue weighted by molar-refractivity contribution is 0.640. The number of fused-ring (bicyclic) bond motifs is 2. The average molecular weight is 414 g/mol. The monoisotopic (exact) mass is 414 g/mol. The van der Waals surface area contributed by atoms with E-state index >= 15 is 0 Å². The summed E-state index contributed by atoms with van der Waals surface area (Å²) < 4.78 is 14.3. The number of halogens is 1. The lowest BCUT2D eigenvalue weighted by atomic mass is 10.1. The van der Waals surface area contributed by atoms with E-state index in [2.05, 4.69) is 25.3 Å². The maximum atomic E-state index is 14.3. The van der Waals surface area contributed by atoms with Crippen molar-refractivity contribution in [3.8, 4) is 11.4 Å². The van der Waals surface area contributed by atoms with Gasteiger partial charge in [-0.15, -0.1) is 0 Å². The molecule has 0 atom stereocenters. The minimum absolute atomic E-state index is 0.0650. The number of nitrogens with zero attached hydrogens (tertiary/aromatic N) is 2. The molecule has 0 radical (unpaired) electrons. The van der Waals surface area contributed by atoms with Crippen LogP contribution in [0.25, 0.3) is 33.3 Å². The predicted octanol–water partition coefficient (Wildman–Crippen LogP) is 3.48. The van der Waals surface area contributed by atoms with Crippen molar-refractivity contribution in [2.24, 2.45) is 0 Å². The van der Waals surface area contributed by atoms with Gasteiger partial charge in [0.15, 0.2) is 0 Å². The highest BCUT2D eigenvalue weighted by Crippen LogP contribution is 2.29. The number of nitrogen functional groups attached to an aromatic ring is 1. The Kier molecular flexibility index (Phi) is 4.68. The van der Waals surface area contributed by atoms with Gasteiger partial charge >= 0.3 is 0 Å². The maximum Gasteiger partial charge on any atom is 0.261 e. The molecule has 5 N–H and O–H groups in total. The number of pyridine rings is 2. The van der Waals surface area contributed by atoms with Crippen LogP contribution in [0, 0.1) is 5.82 Å². The van der Waals surface area contributed by atoms with Crippen molar-refractivity contribution in [3.05, 3.63) is 88.2 Å². The highest BCUT2D eigenvalue weighted by atomic mass is 19.1. The van der Waals surface area contributed by atoms with Gasteiger partial charge < -0.3 is 21.0 Å². The molecule has 0 aliphatic heterocycles. The summed E-state index contributed by atoms with van der Waals surface area (Å²) in [5, 5.41) is 3.57. The fourth-order valence-corrected chi connectivity index (χ4v) is 3.71. The molecule has 0 fully saturated rings. The van der Waals surface area contributed by atoms with Crippen LogP contribution < -0.4 is 16.6 Å². The number of rotatable bonds is 5. The van der Waals surface area contributed by atoms with E-state index in [4.69, 9.17) is 5.73 Å². The molecule has 0 bridgehead atoms. The second-order valence-corrected chi connectivity index (χ2v) is 7.30. The number of benzene rings is 2. The lowest BCUT2D eigenvalue weighted by Gasteiger charge is -2.07. The van der Waals surface area contributed by atoms with Crippen LogP contribution in [0.15, 0.2) is 65.7 Å². The zero-order valence-corrected chi connectivity index (χ0v) is 16.4. The van der Waals surface area contributed by atoms with Crippen molar-refractivity contribution in [3.63, 3.8) is 0 Å². The van der Waals surface area contributed by atoms with E-state index in [0.29, 0.717) is 23.4 Å². The number of H-pyrrole nitrogens is 2. The number of anilines is 1. The Morgan fingerprint density at radius 3 is 2.61 bits per heavy atom. The van der Waals surface area contributed by atoms with Gasteiger partial charge in [0, 0.05) is 25.5 Å². The molecule has 7 nitrogen and oxygen atoms in total. The molecule has 0 spiro atoms. The normalized spacial score (nSPS) is 11.4. The summed E-state index contributed by atoms with van der Waals surface area (Å²) in [6, 6.07) is 14.2. The zero-order chi connectivity index (χ0) is 21.4. The Bertz CT molecular complexity index is 1460. The number of imidazole rings is 1. The first-order chi connectivity index (χ1) is 15.1. The first-order valence-electron chi connectivity index (χ1n) is 9.79. The molecule has 3 heterocycles. The van der Waals surface area contributed by atoms with Crippen LogP contribution in [-0.4, -0.2) is 19.9 Å². The highest BCUT2D eigenvalue weighted by Gasteiger charge is 2.18. The zero-order valence-electron chi connectivity index (χ0n) is 16.4. The second-order valence-electron chi connectivity index (χ2n) is 7.30. The van der Waals surface area contributed by atoms with Crippen LogP contribution >= 0.6 is 0 Å². The van der Waals surface area contributed by atoms with Crippen molar-refractivity contribution in [1.29, 1.82) is 0 Å². The van der Waals surface area contributed by atoms with E-state index in [1.165, 1.54) is 12.1 Å². The molecule has 2 aromatic carbocycles. The fraction of sp³-hybridized carbons (Fsp3) is 0.0870. The number of aromatic amines is 2. The SMILES string of the molecule is Nc1c(-c2nc3ccc(CNCc4ccncc4)cc3[nH]2)c(=O)[nH]c2cccc(F)c12.